The fourth-order valence-electron chi connectivity index (χ4n) is 5.73. The van der Waals surface area contributed by atoms with Crippen LogP contribution < -0.4 is 10.6 Å². The standard InChI is InChI=1S/C23H31N3O4S/c1-14(2)25-20(29)18-23-10-9-22(3,31-23)16(17(23)21(30)26(18)11-12-27)19(28)24-13-15-7-5-4-6-8-15/h4-8,14,16-18,27H,9-13H2,1-3H3,(H,24,28)(H,25,29)/t16-,17+,18?,22+,23?/m1/s1. The number of carbonyl (C=O) groups excluding carboxylic acids is 3. The van der Waals surface area contributed by atoms with Gasteiger partial charge in [0, 0.05) is 23.9 Å². The van der Waals surface area contributed by atoms with Crippen molar-refractivity contribution in [1.82, 2.24) is 15.5 Å². The highest BCUT2D eigenvalue weighted by atomic mass is 32.2. The highest BCUT2D eigenvalue weighted by Gasteiger charge is 2.76. The van der Waals surface area contributed by atoms with Crippen LogP contribution >= 0.6 is 11.8 Å². The molecule has 3 amide bonds. The molecule has 7 nitrogen and oxygen atoms in total. The first-order valence-corrected chi connectivity index (χ1v) is 11.8. The normalized spacial score (nSPS) is 33.6. The second-order valence-corrected chi connectivity index (χ2v) is 11.2. The third kappa shape index (κ3) is 3.53. The second-order valence-electron chi connectivity index (χ2n) is 9.35. The smallest absolute Gasteiger partial charge is 0.244 e. The number of nitrogens with one attached hydrogen (secondary N) is 2. The average molecular weight is 446 g/mol. The quantitative estimate of drug-likeness (QED) is 0.588. The molecule has 3 N–H and O–H groups in total. The third-order valence-corrected chi connectivity index (χ3v) is 8.87. The average Bonchev–Trinajstić information content (AvgIpc) is 3.28. The summed E-state index contributed by atoms with van der Waals surface area (Å²) in [5.41, 5.74) is 1.00. The molecule has 3 aliphatic rings. The first-order chi connectivity index (χ1) is 14.7. The van der Waals surface area contributed by atoms with Gasteiger partial charge in [-0.1, -0.05) is 30.3 Å². The number of fused-ring (bicyclic) bond motifs is 1. The molecule has 3 heterocycles. The molecule has 4 rings (SSSR count). The number of hydrogen-bond acceptors (Lipinski definition) is 5. The molecule has 1 aromatic rings. The van der Waals surface area contributed by atoms with E-state index in [0.29, 0.717) is 13.0 Å². The zero-order chi connectivity index (χ0) is 22.4. The lowest BCUT2D eigenvalue weighted by atomic mass is 9.66. The van der Waals surface area contributed by atoms with Crippen LogP contribution in [0.2, 0.25) is 0 Å². The maximum atomic E-state index is 13.5. The van der Waals surface area contributed by atoms with Crippen LogP contribution in [0.15, 0.2) is 30.3 Å². The monoisotopic (exact) mass is 445 g/mol. The highest BCUT2D eigenvalue weighted by molar-refractivity contribution is 8.02. The van der Waals surface area contributed by atoms with Crippen LogP contribution in [0.4, 0.5) is 0 Å². The molecule has 2 unspecified atom stereocenters. The van der Waals surface area contributed by atoms with Crippen LogP contribution in [-0.4, -0.2) is 62.5 Å². The Bertz CT molecular complexity index is 879. The molecular weight excluding hydrogens is 414 g/mol. The fourth-order valence-corrected chi connectivity index (χ4v) is 8.09. The van der Waals surface area contributed by atoms with E-state index in [1.165, 1.54) is 4.90 Å². The number of nitrogens with zero attached hydrogens (tertiary/aromatic N) is 1. The second kappa shape index (κ2) is 8.13. The van der Waals surface area contributed by atoms with Crippen LogP contribution in [0.25, 0.3) is 0 Å². The Morgan fingerprint density at radius 2 is 1.94 bits per heavy atom. The number of β-amino-alcohol motifs (C(OH)–C–C–N with tert-alkyl or cyclic N) is 1. The van der Waals surface area contributed by atoms with Crippen molar-refractivity contribution in [3.8, 4) is 0 Å². The summed E-state index contributed by atoms with van der Waals surface area (Å²) in [4.78, 5) is 41.6. The van der Waals surface area contributed by atoms with Crippen molar-refractivity contribution < 1.29 is 19.5 Å². The van der Waals surface area contributed by atoms with Crippen molar-refractivity contribution in [3.63, 3.8) is 0 Å². The predicted octanol–water partition coefficient (Wildman–Crippen LogP) is 1.30. The summed E-state index contributed by atoms with van der Waals surface area (Å²) >= 11 is 1.64. The third-order valence-electron chi connectivity index (χ3n) is 6.89. The first kappa shape index (κ1) is 22.1. The molecule has 3 saturated heterocycles. The minimum Gasteiger partial charge on any atom is -0.395 e. The van der Waals surface area contributed by atoms with Gasteiger partial charge in [-0.15, -0.1) is 11.8 Å². The van der Waals surface area contributed by atoms with E-state index < -0.39 is 22.6 Å². The largest absolute Gasteiger partial charge is 0.395 e. The molecule has 1 spiro atoms. The van der Waals surface area contributed by atoms with E-state index in [9.17, 15) is 19.5 Å². The van der Waals surface area contributed by atoms with E-state index in [1.807, 2.05) is 44.2 Å². The van der Waals surface area contributed by atoms with Gasteiger partial charge in [0.25, 0.3) is 0 Å². The van der Waals surface area contributed by atoms with Crippen LogP contribution in [0.3, 0.4) is 0 Å². The van der Waals surface area contributed by atoms with Gasteiger partial charge in [0.15, 0.2) is 0 Å². The molecule has 8 heteroatoms. The summed E-state index contributed by atoms with van der Waals surface area (Å²) in [6.07, 6.45) is 1.49. The molecular formula is C23H31N3O4S. The number of thioether (sulfide) groups is 1. The molecule has 31 heavy (non-hydrogen) atoms. The van der Waals surface area contributed by atoms with Gasteiger partial charge in [-0.2, -0.15) is 0 Å². The van der Waals surface area contributed by atoms with Gasteiger partial charge in [-0.05, 0) is 39.2 Å². The fraction of sp³-hybridized carbons (Fsp3) is 0.609. The molecule has 0 aliphatic carbocycles. The Hall–Kier alpha value is -2.06. The van der Waals surface area contributed by atoms with Gasteiger partial charge < -0.3 is 20.6 Å². The maximum absolute atomic E-state index is 13.5. The summed E-state index contributed by atoms with van der Waals surface area (Å²) in [6.45, 7) is 6.12. The Labute approximate surface area is 187 Å². The number of aliphatic hydroxyl groups excluding tert-OH is 1. The summed E-state index contributed by atoms with van der Waals surface area (Å²) in [5, 5.41) is 15.6. The van der Waals surface area contributed by atoms with Crippen molar-refractivity contribution in [3.05, 3.63) is 35.9 Å². The molecule has 0 radical (unpaired) electrons. The molecule has 1 aromatic carbocycles. The van der Waals surface area contributed by atoms with Gasteiger partial charge in [0.2, 0.25) is 17.7 Å². The Kier molecular flexibility index (Phi) is 5.81. The van der Waals surface area contributed by atoms with Crippen molar-refractivity contribution in [2.24, 2.45) is 11.8 Å². The van der Waals surface area contributed by atoms with E-state index in [1.54, 1.807) is 11.8 Å². The van der Waals surface area contributed by atoms with Crippen molar-refractivity contribution in [2.75, 3.05) is 13.2 Å². The number of likely N-dealkylation sites (tertiary alicyclic amines) is 1. The van der Waals surface area contributed by atoms with Crippen LogP contribution in [0.1, 0.15) is 39.2 Å². The van der Waals surface area contributed by atoms with Crippen molar-refractivity contribution in [2.45, 2.75) is 61.7 Å². The molecule has 5 atom stereocenters. The predicted molar refractivity (Wildman–Crippen MR) is 119 cm³/mol. The van der Waals surface area contributed by atoms with Crippen molar-refractivity contribution in [1.29, 1.82) is 0 Å². The number of amides is 3. The topological polar surface area (TPSA) is 98.7 Å². The molecule has 0 aromatic heterocycles. The van der Waals surface area contributed by atoms with E-state index in [4.69, 9.17) is 0 Å². The maximum Gasteiger partial charge on any atom is 0.244 e. The number of benzene rings is 1. The minimum absolute atomic E-state index is 0.0572. The molecule has 3 aliphatic heterocycles. The Balaban J connectivity index is 1.64. The van der Waals surface area contributed by atoms with Gasteiger partial charge in [-0.25, -0.2) is 0 Å². The summed E-state index contributed by atoms with van der Waals surface area (Å²) in [5.74, 6) is -1.57. The minimum atomic E-state index is -0.668. The lowest BCUT2D eigenvalue weighted by Crippen LogP contribution is -2.55. The molecule has 168 valence electrons. The molecule has 3 fully saturated rings. The van der Waals surface area contributed by atoms with E-state index in [-0.39, 0.29) is 41.7 Å². The van der Waals surface area contributed by atoms with Crippen LogP contribution in [0.5, 0.6) is 0 Å². The summed E-state index contributed by atoms with van der Waals surface area (Å²) < 4.78 is -1.02. The van der Waals surface area contributed by atoms with E-state index in [0.717, 1.165) is 12.0 Å². The van der Waals surface area contributed by atoms with Gasteiger partial charge in [0.1, 0.15) is 6.04 Å². The Morgan fingerprint density at radius 1 is 1.23 bits per heavy atom. The van der Waals surface area contributed by atoms with E-state index >= 15 is 0 Å². The SMILES string of the molecule is CC(C)NC(=O)C1N(CCO)C(=O)[C@@H]2[C@H](C(=O)NCc3ccccc3)[C@]3(C)CCC12S3. The molecule has 0 saturated carbocycles. The number of carbonyl (C=O) groups is 3. The van der Waals surface area contributed by atoms with Crippen LogP contribution in [-0.2, 0) is 20.9 Å². The van der Waals surface area contributed by atoms with Gasteiger partial charge in [-0.3, -0.25) is 14.4 Å². The Morgan fingerprint density at radius 3 is 2.58 bits per heavy atom. The lowest BCUT2D eigenvalue weighted by Gasteiger charge is -2.35. The van der Waals surface area contributed by atoms with Gasteiger partial charge >= 0.3 is 0 Å². The van der Waals surface area contributed by atoms with E-state index in [2.05, 4.69) is 17.6 Å². The first-order valence-electron chi connectivity index (χ1n) is 11.0. The van der Waals surface area contributed by atoms with Crippen LogP contribution in [0, 0.1) is 11.8 Å². The molecule has 2 bridgehead atoms. The number of hydrogen-bond donors (Lipinski definition) is 3. The van der Waals surface area contributed by atoms with Crippen molar-refractivity contribution >= 4 is 29.5 Å². The zero-order valence-corrected chi connectivity index (χ0v) is 19.1. The zero-order valence-electron chi connectivity index (χ0n) is 18.3. The highest BCUT2D eigenvalue weighted by Crippen LogP contribution is 2.71. The number of rotatable bonds is 7. The summed E-state index contributed by atoms with van der Waals surface area (Å²) in [7, 11) is 0. The number of aliphatic hydroxyl groups is 1. The summed E-state index contributed by atoms with van der Waals surface area (Å²) in [6, 6.07) is 8.96. The lowest BCUT2D eigenvalue weighted by molar-refractivity contribution is -0.141. The van der Waals surface area contributed by atoms with Gasteiger partial charge in [0.05, 0.1) is 23.2 Å².